The van der Waals surface area contributed by atoms with Gasteiger partial charge in [-0.25, -0.2) is 13.9 Å². The Labute approximate surface area is 134 Å². The number of halogens is 1. The van der Waals surface area contributed by atoms with Crippen LogP contribution in [0.25, 0.3) is 11.8 Å². The molecule has 122 valence electrons. The van der Waals surface area contributed by atoms with Crippen molar-refractivity contribution in [3.63, 3.8) is 0 Å². The predicted molar refractivity (Wildman–Crippen MR) is 85.6 cm³/mol. The molecule has 0 N–H and O–H groups in total. The standard InChI is InChI=1S/C17H20FN3O2/c1-3-5-7-13-12-21(20-19-13)16-9-6-8-15(18)14(16)10-11-17(22)23-4-2/h6,8-12H,3-5,7H2,1-2H3/b11-10+. The number of rotatable bonds is 7. The van der Waals surface area contributed by atoms with Crippen LogP contribution in [0, 0.1) is 5.82 Å². The summed E-state index contributed by atoms with van der Waals surface area (Å²) in [4.78, 5) is 11.4. The van der Waals surface area contributed by atoms with Crippen LogP contribution in [0.3, 0.4) is 0 Å². The van der Waals surface area contributed by atoms with E-state index >= 15 is 0 Å². The lowest BCUT2D eigenvalue weighted by Crippen LogP contribution is -2.02. The van der Waals surface area contributed by atoms with E-state index in [1.54, 1.807) is 25.3 Å². The average molecular weight is 317 g/mol. The molecule has 0 aliphatic carbocycles. The number of hydrogen-bond donors (Lipinski definition) is 0. The summed E-state index contributed by atoms with van der Waals surface area (Å²) >= 11 is 0. The predicted octanol–water partition coefficient (Wildman–Crippen LogP) is 3.33. The fraction of sp³-hybridized carbons (Fsp3) is 0.353. The summed E-state index contributed by atoms with van der Waals surface area (Å²) < 4.78 is 20.5. The highest BCUT2D eigenvalue weighted by atomic mass is 19.1. The molecule has 0 radical (unpaired) electrons. The third-order valence-electron chi connectivity index (χ3n) is 3.28. The highest BCUT2D eigenvalue weighted by Gasteiger charge is 2.10. The lowest BCUT2D eigenvalue weighted by atomic mass is 10.1. The number of aromatic nitrogens is 3. The lowest BCUT2D eigenvalue weighted by molar-refractivity contribution is -0.137. The van der Waals surface area contributed by atoms with Gasteiger partial charge in [-0.05, 0) is 38.0 Å². The summed E-state index contributed by atoms with van der Waals surface area (Å²) in [6.45, 7) is 4.10. The summed E-state index contributed by atoms with van der Waals surface area (Å²) in [6, 6.07) is 4.66. The summed E-state index contributed by atoms with van der Waals surface area (Å²) in [5, 5.41) is 8.15. The minimum absolute atomic E-state index is 0.271. The molecular weight excluding hydrogens is 297 g/mol. The number of esters is 1. The van der Waals surface area contributed by atoms with Gasteiger partial charge in [0.05, 0.1) is 24.2 Å². The van der Waals surface area contributed by atoms with Crippen LogP contribution in [0.15, 0.2) is 30.5 Å². The maximum absolute atomic E-state index is 14.1. The zero-order valence-electron chi connectivity index (χ0n) is 13.3. The molecule has 0 fully saturated rings. The number of hydrogen-bond acceptors (Lipinski definition) is 4. The largest absolute Gasteiger partial charge is 0.463 e. The molecule has 1 heterocycles. The number of nitrogens with zero attached hydrogens (tertiary/aromatic N) is 3. The SMILES string of the molecule is CCCCc1cn(-c2cccc(F)c2/C=C/C(=O)OCC)nn1. The number of benzene rings is 1. The molecule has 23 heavy (non-hydrogen) atoms. The smallest absolute Gasteiger partial charge is 0.330 e. The molecule has 1 aromatic carbocycles. The second kappa shape index (κ2) is 8.22. The van der Waals surface area contributed by atoms with Gasteiger partial charge in [0.15, 0.2) is 0 Å². The number of carbonyl (C=O) groups is 1. The third kappa shape index (κ3) is 4.48. The van der Waals surface area contributed by atoms with Crippen LogP contribution in [0.5, 0.6) is 0 Å². The van der Waals surface area contributed by atoms with Crippen molar-refractivity contribution in [1.82, 2.24) is 15.0 Å². The molecule has 1 aromatic heterocycles. The Morgan fingerprint density at radius 2 is 2.22 bits per heavy atom. The molecule has 6 heteroatoms. The van der Waals surface area contributed by atoms with E-state index in [-0.39, 0.29) is 12.2 Å². The van der Waals surface area contributed by atoms with Crippen molar-refractivity contribution >= 4 is 12.0 Å². The van der Waals surface area contributed by atoms with Gasteiger partial charge in [-0.15, -0.1) is 5.10 Å². The first kappa shape index (κ1) is 16.9. The number of aryl methyl sites for hydroxylation is 1. The molecule has 5 nitrogen and oxygen atoms in total. The first-order valence-corrected chi connectivity index (χ1v) is 7.70. The molecule has 0 saturated carbocycles. The van der Waals surface area contributed by atoms with Crippen molar-refractivity contribution in [3.8, 4) is 5.69 Å². The van der Waals surface area contributed by atoms with Crippen LogP contribution in [0.4, 0.5) is 4.39 Å². The van der Waals surface area contributed by atoms with Crippen LogP contribution in [-0.4, -0.2) is 27.6 Å². The van der Waals surface area contributed by atoms with Gasteiger partial charge in [-0.2, -0.15) is 0 Å². The van der Waals surface area contributed by atoms with E-state index in [1.165, 1.54) is 22.9 Å². The van der Waals surface area contributed by atoms with Crippen molar-refractivity contribution in [2.45, 2.75) is 33.1 Å². The molecule has 0 aliphatic heterocycles. The van der Waals surface area contributed by atoms with Crippen molar-refractivity contribution in [2.75, 3.05) is 6.61 Å². The monoisotopic (exact) mass is 317 g/mol. The van der Waals surface area contributed by atoms with Crippen LogP contribution in [-0.2, 0) is 16.0 Å². The number of carbonyl (C=O) groups excluding carboxylic acids is 1. The van der Waals surface area contributed by atoms with E-state index in [2.05, 4.69) is 17.2 Å². The fourth-order valence-corrected chi connectivity index (χ4v) is 2.12. The molecule has 0 spiro atoms. The molecule has 0 unspecified atom stereocenters. The Bertz CT molecular complexity index is 695. The third-order valence-corrected chi connectivity index (χ3v) is 3.28. The van der Waals surface area contributed by atoms with E-state index in [1.807, 2.05) is 0 Å². The lowest BCUT2D eigenvalue weighted by Gasteiger charge is -2.06. The maximum Gasteiger partial charge on any atom is 0.330 e. The number of ether oxygens (including phenoxy) is 1. The first-order valence-electron chi connectivity index (χ1n) is 7.70. The van der Waals surface area contributed by atoms with Gasteiger partial charge in [0.1, 0.15) is 5.82 Å². The second-order valence-electron chi connectivity index (χ2n) is 5.02. The van der Waals surface area contributed by atoms with E-state index in [0.717, 1.165) is 25.0 Å². The molecule has 2 aromatic rings. The fourth-order valence-electron chi connectivity index (χ4n) is 2.12. The summed E-state index contributed by atoms with van der Waals surface area (Å²) in [5.74, 6) is -0.947. The van der Waals surface area contributed by atoms with Crippen molar-refractivity contribution in [2.24, 2.45) is 0 Å². The topological polar surface area (TPSA) is 57.0 Å². The molecular formula is C17H20FN3O2. The van der Waals surface area contributed by atoms with Gasteiger partial charge in [0.2, 0.25) is 0 Å². The zero-order valence-corrected chi connectivity index (χ0v) is 13.3. The Morgan fingerprint density at radius 1 is 1.39 bits per heavy atom. The molecule has 0 aliphatic rings. The molecule has 0 saturated heterocycles. The van der Waals surface area contributed by atoms with Crippen LogP contribution >= 0.6 is 0 Å². The zero-order chi connectivity index (χ0) is 16.7. The summed E-state index contributed by atoms with van der Waals surface area (Å²) in [5.41, 5.74) is 1.66. The van der Waals surface area contributed by atoms with Gasteiger partial charge in [-0.3, -0.25) is 0 Å². The second-order valence-corrected chi connectivity index (χ2v) is 5.02. The van der Waals surface area contributed by atoms with Gasteiger partial charge in [-0.1, -0.05) is 24.6 Å². The van der Waals surface area contributed by atoms with E-state index < -0.39 is 11.8 Å². The first-order chi connectivity index (χ1) is 11.2. The van der Waals surface area contributed by atoms with E-state index in [0.29, 0.717) is 5.69 Å². The highest BCUT2D eigenvalue weighted by Crippen LogP contribution is 2.19. The average Bonchev–Trinajstić information content (AvgIpc) is 3.00. The van der Waals surface area contributed by atoms with Gasteiger partial charge in [0.25, 0.3) is 0 Å². The van der Waals surface area contributed by atoms with Gasteiger partial charge < -0.3 is 4.74 Å². The van der Waals surface area contributed by atoms with Gasteiger partial charge >= 0.3 is 5.97 Å². The molecule has 0 atom stereocenters. The number of unbranched alkanes of at least 4 members (excludes halogenated alkanes) is 1. The van der Waals surface area contributed by atoms with Crippen molar-refractivity contribution < 1.29 is 13.9 Å². The Morgan fingerprint density at radius 3 is 2.96 bits per heavy atom. The molecule has 0 amide bonds. The summed E-state index contributed by atoms with van der Waals surface area (Å²) in [7, 11) is 0. The molecule has 2 rings (SSSR count). The van der Waals surface area contributed by atoms with Crippen molar-refractivity contribution in [3.05, 3.63) is 47.5 Å². The quantitative estimate of drug-likeness (QED) is 0.580. The molecule has 0 bridgehead atoms. The minimum atomic E-state index is -0.510. The van der Waals surface area contributed by atoms with Gasteiger partial charge in [0, 0.05) is 11.6 Å². The van der Waals surface area contributed by atoms with Crippen molar-refractivity contribution in [1.29, 1.82) is 0 Å². The van der Waals surface area contributed by atoms with Crippen LogP contribution < -0.4 is 0 Å². The Balaban J connectivity index is 2.30. The van der Waals surface area contributed by atoms with Crippen LogP contribution in [0.1, 0.15) is 37.9 Å². The maximum atomic E-state index is 14.1. The van der Waals surface area contributed by atoms with E-state index in [4.69, 9.17) is 4.74 Å². The summed E-state index contributed by atoms with van der Waals surface area (Å²) in [6.07, 6.45) is 7.32. The minimum Gasteiger partial charge on any atom is -0.463 e. The van der Waals surface area contributed by atoms with Crippen LogP contribution in [0.2, 0.25) is 0 Å². The highest BCUT2D eigenvalue weighted by molar-refractivity contribution is 5.87. The Kier molecular flexibility index (Phi) is 6.02. The Hall–Kier alpha value is -2.50. The normalized spacial score (nSPS) is 11.1. The van der Waals surface area contributed by atoms with E-state index in [9.17, 15) is 9.18 Å².